The summed E-state index contributed by atoms with van der Waals surface area (Å²) in [6, 6.07) is 19.0. The Bertz CT molecular complexity index is 1860. The smallest absolute Gasteiger partial charge is 0.263 e. The number of carbonyl (C=O) groups excluding carboxylic acids is 2. The van der Waals surface area contributed by atoms with Crippen LogP contribution in [0, 0.1) is 0 Å². The van der Waals surface area contributed by atoms with Gasteiger partial charge < -0.3 is 30.7 Å². The van der Waals surface area contributed by atoms with E-state index in [-0.39, 0.29) is 23.6 Å². The van der Waals surface area contributed by atoms with Crippen molar-refractivity contribution < 1.29 is 9.59 Å². The zero-order valence-corrected chi connectivity index (χ0v) is 24.6. The van der Waals surface area contributed by atoms with E-state index in [1.165, 1.54) is 16.2 Å². The molecule has 0 bridgehead atoms. The summed E-state index contributed by atoms with van der Waals surface area (Å²) in [5.74, 6) is 0.0642. The minimum atomic E-state index is -0.444. The van der Waals surface area contributed by atoms with Gasteiger partial charge in [-0.1, -0.05) is 42.5 Å². The molecule has 0 radical (unpaired) electrons. The monoisotopic (exact) mass is 587 g/mol. The molecular weight excluding hydrogens is 554 g/mol. The first-order valence-electron chi connectivity index (χ1n) is 14.4. The first kappa shape index (κ1) is 28.6. The van der Waals surface area contributed by atoms with E-state index < -0.39 is 5.91 Å². The number of aromatic nitrogens is 2. The molecule has 10 nitrogen and oxygen atoms in total. The van der Waals surface area contributed by atoms with Crippen LogP contribution in [-0.4, -0.2) is 46.9 Å². The maximum Gasteiger partial charge on any atom is 0.263 e. The Morgan fingerprint density at radius 2 is 1.91 bits per heavy atom. The van der Waals surface area contributed by atoms with Crippen molar-refractivity contribution in [3.8, 4) is 0 Å². The second kappa shape index (κ2) is 12.4. The summed E-state index contributed by atoms with van der Waals surface area (Å²) in [4.78, 5) is 44.8. The van der Waals surface area contributed by atoms with Crippen LogP contribution in [0.15, 0.2) is 95.9 Å². The third-order valence-corrected chi connectivity index (χ3v) is 7.45. The highest BCUT2D eigenvalue weighted by atomic mass is 16.2. The second-order valence-corrected chi connectivity index (χ2v) is 11.0. The van der Waals surface area contributed by atoms with Gasteiger partial charge in [0.2, 0.25) is 0 Å². The number of anilines is 2. The van der Waals surface area contributed by atoms with Gasteiger partial charge in [-0.3, -0.25) is 19.4 Å². The zero-order valence-electron chi connectivity index (χ0n) is 24.6. The lowest BCUT2D eigenvalue weighted by Gasteiger charge is -2.25. The Hall–Kier alpha value is -5.48. The van der Waals surface area contributed by atoms with Gasteiger partial charge in [0.1, 0.15) is 11.4 Å². The van der Waals surface area contributed by atoms with Gasteiger partial charge >= 0.3 is 0 Å². The highest BCUT2D eigenvalue weighted by molar-refractivity contribution is 6.32. The van der Waals surface area contributed by atoms with Crippen LogP contribution in [0.3, 0.4) is 0 Å². The summed E-state index contributed by atoms with van der Waals surface area (Å²) in [7, 11) is 4.09. The van der Waals surface area contributed by atoms with Crippen LogP contribution in [0.2, 0.25) is 0 Å². The maximum absolute atomic E-state index is 13.0. The quantitative estimate of drug-likeness (QED) is 0.233. The van der Waals surface area contributed by atoms with Crippen LogP contribution in [0.5, 0.6) is 0 Å². The lowest BCUT2D eigenvalue weighted by molar-refractivity contribution is -0.110. The lowest BCUT2D eigenvalue weighted by Crippen LogP contribution is -2.33. The van der Waals surface area contributed by atoms with Crippen LogP contribution in [0.25, 0.3) is 11.6 Å². The molecule has 2 aromatic carbocycles. The van der Waals surface area contributed by atoms with E-state index in [0.717, 1.165) is 40.2 Å². The molecule has 6 rings (SSSR count). The van der Waals surface area contributed by atoms with Crippen LogP contribution >= 0.6 is 0 Å². The standard InChI is InChI=1S/C34H33N7O3/c1-40(2)20-23-10-12-28-25(16-23)19-37-31(38-28)30-26-11-9-22(17-29(26)39-33(30)43)6-4-14-36-32(42)27-8-5-15-41(34(27)44)21-24-7-3-13-35-18-24/h3-13,15-18,37-38H,14,19-21H2,1-2H3,(H,36,42)(H,39,43)/b6-4+,31-30-. The van der Waals surface area contributed by atoms with E-state index in [1.54, 1.807) is 36.8 Å². The van der Waals surface area contributed by atoms with Gasteiger partial charge in [0.25, 0.3) is 17.4 Å². The van der Waals surface area contributed by atoms with Gasteiger partial charge in [0.15, 0.2) is 0 Å². The van der Waals surface area contributed by atoms with E-state index in [2.05, 4.69) is 49.4 Å². The molecule has 4 N–H and O–H groups in total. The fourth-order valence-corrected chi connectivity index (χ4v) is 5.40. The SMILES string of the molecule is CN(C)Cc1ccc2c(c1)CN/C(=C1/C(=O)Nc3cc(/C=C/CNC(=O)c4cccn(Cc5cccnc5)c4=O)ccc31)N2. The van der Waals surface area contributed by atoms with Crippen molar-refractivity contribution in [3.05, 3.63) is 135 Å². The van der Waals surface area contributed by atoms with E-state index in [0.29, 0.717) is 24.5 Å². The van der Waals surface area contributed by atoms with Crippen molar-refractivity contribution in [3.63, 3.8) is 0 Å². The molecule has 0 aliphatic carbocycles. The summed E-state index contributed by atoms with van der Waals surface area (Å²) >= 11 is 0. The minimum Gasteiger partial charge on any atom is -0.367 e. The summed E-state index contributed by atoms with van der Waals surface area (Å²) in [5, 5.41) is 12.5. The van der Waals surface area contributed by atoms with Gasteiger partial charge in [-0.25, -0.2) is 0 Å². The predicted octanol–water partition coefficient (Wildman–Crippen LogP) is 3.63. The average Bonchev–Trinajstić information content (AvgIpc) is 3.35. The number of fused-ring (bicyclic) bond motifs is 2. The molecule has 10 heteroatoms. The molecule has 2 amide bonds. The van der Waals surface area contributed by atoms with E-state index in [9.17, 15) is 14.4 Å². The molecular formula is C34H33N7O3. The highest BCUT2D eigenvalue weighted by Gasteiger charge is 2.29. The number of carbonyl (C=O) groups is 2. The van der Waals surface area contributed by atoms with Crippen molar-refractivity contribution in [2.45, 2.75) is 19.6 Å². The number of amides is 2. The molecule has 4 heterocycles. The van der Waals surface area contributed by atoms with Gasteiger partial charge in [0, 0.05) is 55.2 Å². The number of nitrogens with one attached hydrogen (secondary N) is 4. The van der Waals surface area contributed by atoms with Crippen molar-refractivity contribution in [1.82, 2.24) is 25.1 Å². The molecule has 44 heavy (non-hydrogen) atoms. The van der Waals surface area contributed by atoms with E-state index in [4.69, 9.17) is 0 Å². The topological polar surface area (TPSA) is 120 Å². The largest absolute Gasteiger partial charge is 0.367 e. The molecule has 2 aliphatic rings. The molecule has 0 fully saturated rings. The first-order chi connectivity index (χ1) is 21.4. The molecule has 2 aromatic heterocycles. The molecule has 0 spiro atoms. The number of nitrogens with zero attached hydrogens (tertiary/aromatic N) is 3. The van der Waals surface area contributed by atoms with Gasteiger partial charge in [-0.2, -0.15) is 0 Å². The molecule has 0 atom stereocenters. The van der Waals surface area contributed by atoms with Crippen LogP contribution in [0.4, 0.5) is 11.4 Å². The third-order valence-electron chi connectivity index (χ3n) is 7.45. The van der Waals surface area contributed by atoms with Gasteiger partial charge in [-0.15, -0.1) is 0 Å². The van der Waals surface area contributed by atoms with Crippen molar-refractivity contribution in [2.75, 3.05) is 31.3 Å². The Kier molecular flexibility index (Phi) is 8.07. The maximum atomic E-state index is 13.0. The number of hydrogen-bond acceptors (Lipinski definition) is 7. The Labute approximate surface area is 255 Å². The molecule has 0 unspecified atom stereocenters. The Balaban J connectivity index is 1.10. The molecule has 2 aliphatic heterocycles. The summed E-state index contributed by atoms with van der Waals surface area (Å²) in [5.41, 5.74) is 6.93. The molecule has 0 saturated heterocycles. The molecule has 222 valence electrons. The number of hydrogen-bond donors (Lipinski definition) is 4. The summed E-state index contributed by atoms with van der Waals surface area (Å²) < 4.78 is 1.49. The predicted molar refractivity (Wildman–Crippen MR) is 172 cm³/mol. The van der Waals surface area contributed by atoms with E-state index >= 15 is 0 Å². The third kappa shape index (κ3) is 6.16. The molecule has 4 aromatic rings. The second-order valence-electron chi connectivity index (χ2n) is 11.0. The van der Waals surface area contributed by atoms with Crippen molar-refractivity contribution in [2.24, 2.45) is 0 Å². The highest BCUT2D eigenvalue weighted by Crippen LogP contribution is 2.36. The van der Waals surface area contributed by atoms with Gasteiger partial charge in [0.05, 0.1) is 12.1 Å². The average molecular weight is 588 g/mol. The van der Waals surface area contributed by atoms with Crippen LogP contribution < -0.4 is 26.8 Å². The van der Waals surface area contributed by atoms with E-state index in [1.807, 2.05) is 44.4 Å². The number of pyridine rings is 2. The Morgan fingerprint density at radius 3 is 2.73 bits per heavy atom. The van der Waals surface area contributed by atoms with Crippen molar-refractivity contribution in [1.29, 1.82) is 0 Å². The molecule has 0 saturated carbocycles. The Morgan fingerprint density at radius 1 is 1.02 bits per heavy atom. The van der Waals surface area contributed by atoms with Gasteiger partial charge in [-0.05, 0) is 66.7 Å². The lowest BCUT2D eigenvalue weighted by atomic mass is 10.0. The first-order valence-corrected chi connectivity index (χ1v) is 14.4. The zero-order chi connectivity index (χ0) is 30.6. The summed E-state index contributed by atoms with van der Waals surface area (Å²) in [6.45, 7) is 2.05. The summed E-state index contributed by atoms with van der Waals surface area (Å²) in [6.07, 6.45) is 8.68. The minimum absolute atomic E-state index is 0.0761. The van der Waals surface area contributed by atoms with Crippen LogP contribution in [-0.2, 0) is 24.4 Å². The van der Waals surface area contributed by atoms with Crippen molar-refractivity contribution >= 4 is 34.8 Å². The normalized spacial score (nSPS) is 15.4. The number of benzene rings is 2. The fourth-order valence-electron chi connectivity index (χ4n) is 5.40. The fraction of sp³-hybridized carbons (Fsp3) is 0.176. The number of rotatable bonds is 8. The van der Waals surface area contributed by atoms with Crippen LogP contribution in [0.1, 0.15) is 38.2 Å².